The van der Waals surface area contributed by atoms with E-state index in [1.165, 1.54) is 6.33 Å². The van der Waals surface area contributed by atoms with Gasteiger partial charge < -0.3 is 15.8 Å². The fourth-order valence-corrected chi connectivity index (χ4v) is 0.891. The van der Waals surface area contributed by atoms with Crippen molar-refractivity contribution in [1.82, 2.24) is 9.97 Å². The summed E-state index contributed by atoms with van der Waals surface area (Å²) in [4.78, 5) is 7.91. The molecule has 0 atom stereocenters. The van der Waals surface area contributed by atoms with Crippen LogP contribution < -0.4 is 15.8 Å². The van der Waals surface area contributed by atoms with Crippen molar-refractivity contribution < 1.29 is 4.74 Å². The lowest BCUT2D eigenvalue weighted by atomic mass is 10.4. The Morgan fingerprint density at radius 3 is 3.07 bits per heavy atom. The lowest BCUT2D eigenvalue weighted by Crippen LogP contribution is -2.02. The SMILES string of the molecule is COc1cc(NC/C=C/CN)ncn1. The molecule has 0 radical (unpaired) electrons. The van der Waals surface area contributed by atoms with Gasteiger partial charge in [0, 0.05) is 19.2 Å². The summed E-state index contributed by atoms with van der Waals surface area (Å²) in [6.07, 6.45) is 5.27. The van der Waals surface area contributed by atoms with E-state index in [4.69, 9.17) is 10.5 Å². The Labute approximate surface area is 83.0 Å². The van der Waals surface area contributed by atoms with Crippen molar-refractivity contribution in [2.24, 2.45) is 5.73 Å². The fraction of sp³-hybridized carbons (Fsp3) is 0.333. The summed E-state index contributed by atoms with van der Waals surface area (Å²) in [6.45, 7) is 1.24. The third-order valence-electron chi connectivity index (χ3n) is 1.55. The Hall–Kier alpha value is -1.62. The van der Waals surface area contributed by atoms with Crippen molar-refractivity contribution in [3.63, 3.8) is 0 Å². The lowest BCUT2D eigenvalue weighted by Gasteiger charge is -2.03. The number of anilines is 1. The van der Waals surface area contributed by atoms with Crippen molar-refractivity contribution in [3.05, 3.63) is 24.5 Å². The van der Waals surface area contributed by atoms with Crippen LogP contribution in [-0.2, 0) is 0 Å². The van der Waals surface area contributed by atoms with Crippen molar-refractivity contribution >= 4 is 5.82 Å². The van der Waals surface area contributed by atoms with Crippen molar-refractivity contribution in [3.8, 4) is 5.88 Å². The molecule has 1 aromatic heterocycles. The number of hydrogen-bond acceptors (Lipinski definition) is 5. The van der Waals surface area contributed by atoms with Gasteiger partial charge in [-0.2, -0.15) is 0 Å². The molecular weight excluding hydrogens is 180 g/mol. The summed E-state index contributed by atoms with van der Waals surface area (Å²) >= 11 is 0. The van der Waals surface area contributed by atoms with E-state index in [9.17, 15) is 0 Å². The molecule has 0 unspecified atom stereocenters. The summed E-state index contributed by atoms with van der Waals surface area (Å²) in [5, 5.41) is 3.08. The van der Waals surface area contributed by atoms with Crippen LogP contribution in [0.2, 0.25) is 0 Å². The Morgan fingerprint density at radius 2 is 2.36 bits per heavy atom. The summed E-state index contributed by atoms with van der Waals surface area (Å²) in [6, 6.07) is 1.73. The standard InChI is InChI=1S/C9H14N4O/c1-14-9-6-8(12-7-13-9)11-5-3-2-4-10/h2-3,6-7H,4-5,10H2,1H3,(H,11,12,13)/b3-2+. The Balaban J connectivity index is 2.46. The van der Waals surface area contributed by atoms with Crippen LogP contribution in [0.1, 0.15) is 0 Å². The maximum atomic E-state index is 5.29. The smallest absolute Gasteiger partial charge is 0.218 e. The van der Waals surface area contributed by atoms with Gasteiger partial charge in [-0.05, 0) is 0 Å². The summed E-state index contributed by atoms with van der Waals surface area (Å²) in [5.74, 6) is 1.28. The molecule has 0 aliphatic heterocycles. The highest BCUT2D eigenvalue weighted by molar-refractivity contribution is 5.37. The van der Waals surface area contributed by atoms with Crippen molar-refractivity contribution in [2.45, 2.75) is 0 Å². The van der Waals surface area contributed by atoms with Gasteiger partial charge in [0.25, 0.3) is 0 Å². The first-order chi connectivity index (χ1) is 6.86. The molecule has 0 amide bonds. The first-order valence-electron chi connectivity index (χ1n) is 4.31. The molecule has 0 aliphatic carbocycles. The monoisotopic (exact) mass is 194 g/mol. The molecule has 0 aromatic carbocycles. The number of aromatic nitrogens is 2. The second-order valence-corrected chi connectivity index (χ2v) is 2.53. The first-order valence-corrected chi connectivity index (χ1v) is 4.31. The van der Waals surface area contributed by atoms with Crippen LogP contribution in [0.3, 0.4) is 0 Å². The molecule has 76 valence electrons. The summed E-state index contributed by atoms with van der Waals surface area (Å²) in [7, 11) is 1.57. The van der Waals surface area contributed by atoms with Gasteiger partial charge in [0.15, 0.2) is 0 Å². The van der Waals surface area contributed by atoms with Gasteiger partial charge in [-0.25, -0.2) is 9.97 Å². The predicted octanol–water partition coefficient (Wildman–Crippen LogP) is 0.412. The molecule has 0 spiro atoms. The molecule has 0 saturated heterocycles. The molecule has 3 N–H and O–H groups in total. The third kappa shape index (κ3) is 3.40. The zero-order valence-corrected chi connectivity index (χ0v) is 8.10. The molecule has 5 heteroatoms. The average molecular weight is 194 g/mol. The highest BCUT2D eigenvalue weighted by atomic mass is 16.5. The van der Waals surface area contributed by atoms with E-state index < -0.39 is 0 Å². The fourth-order valence-electron chi connectivity index (χ4n) is 0.891. The number of nitrogens with two attached hydrogens (primary N) is 1. The summed E-state index contributed by atoms with van der Waals surface area (Å²) in [5.41, 5.74) is 5.29. The average Bonchev–Trinajstić information content (AvgIpc) is 2.25. The van der Waals surface area contributed by atoms with E-state index in [-0.39, 0.29) is 0 Å². The Morgan fingerprint density at radius 1 is 1.50 bits per heavy atom. The zero-order chi connectivity index (χ0) is 10.2. The minimum atomic E-state index is 0.547. The topological polar surface area (TPSA) is 73.1 Å². The molecule has 0 saturated carbocycles. The zero-order valence-electron chi connectivity index (χ0n) is 8.10. The molecule has 0 fully saturated rings. The minimum absolute atomic E-state index is 0.547. The second kappa shape index (κ2) is 5.93. The van der Waals surface area contributed by atoms with E-state index in [2.05, 4.69) is 15.3 Å². The van der Waals surface area contributed by atoms with Crippen LogP contribution in [-0.4, -0.2) is 30.2 Å². The van der Waals surface area contributed by atoms with Crippen LogP contribution in [0.5, 0.6) is 5.88 Å². The Bertz CT molecular complexity index is 301. The maximum absolute atomic E-state index is 5.29. The van der Waals surface area contributed by atoms with Crippen LogP contribution >= 0.6 is 0 Å². The number of ether oxygens (including phenoxy) is 1. The van der Waals surface area contributed by atoms with Gasteiger partial charge in [0.2, 0.25) is 5.88 Å². The van der Waals surface area contributed by atoms with Gasteiger partial charge in [-0.1, -0.05) is 12.2 Å². The third-order valence-corrected chi connectivity index (χ3v) is 1.55. The number of rotatable bonds is 5. The number of nitrogens with zero attached hydrogens (tertiary/aromatic N) is 2. The van der Waals surface area contributed by atoms with E-state index in [0.717, 1.165) is 5.82 Å². The molecular formula is C9H14N4O. The van der Waals surface area contributed by atoms with Crippen LogP contribution in [0.15, 0.2) is 24.5 Å². The van der Waals surface area contributed by atoms with Gasteiger partial charge in [0.05, 0.1) is 7.11 Å². The van der Waals surface area contributed by atoms with Crippen molar-refractivity contribution in [1.29, 1.82) is 0 Å². The van der Waals surface area contributed by atoms with Gasteiger partial charge in [-0.3, -0.25) is 0 Å². The molecule has 1 rings (SSSR count). The van der Waals surface area contributed by atoms with E-state index >= 15 is 0 Å². The second-order valence-electron chi connectivity index (χ2n) is 2.53. The number of hydrogen-bond donors (Lipinski definition) is 2. The van der Waals surface area contributed by atoms with Gasteiger partial charge in [0.1, 0.15) is 12.1 Å². The molecule has 5 nitrogen and oxygen atoms in total. The highest BCUT2D eigenvalue weighted by Gasteiger charge is 1.95. The van der Waals surface area contributed by atoms with Gasteiger partial charge >= 0.3 is 0 Å². The van der Waals surface area contributed by atoms with Crippen LogP contribution in [0.25, 0.3) is 0 Å². The largest absolute Gasteiger partial charge is 0.481 e. The van der Waals surface area contributed by atoms with Crippen molar-refractivity contribution in [2.75, 3.05) is 25.5 Å². The first kappa shape index (κ1) is 10.5. The van der Waals surface area contributed by atoms with E-state index in [1.54, 1.807) is 13.2 Å². The van der Waals surface area contributed by atoms with Crippen LogP contribution in [0, 0.1) is 0 Å². The predicted molar refractivity (Wildman–Crippen MR) is 55.3 cm³/mol. The highest BCUT2D eigenvalue weighted by Crippen LogP contribution is 2.09. The molecule has 0 aliphatic rings. The molecule has 1 heterocycles. The summed E-state index contributed by atoms with van der Waals surface area (Å²) < 4.78 is 4.95. The minimum Gasteiger partial charge on any atom is -0.481 e. The maximum Gasteiger partial charge on any atom is 0.218 e. The van der Waals surface area contributed by atoms with E-state index in [1.807, 2.05) is 12.2 Å². The number of methoxy groups -OCH3 is 1. The van der Waals surface area contributed by atoms with E-state index in [0.29, 0.717) is 19.0 Å². The molecule has 1 aromatic rings. The molecule has 0 bridgehead atoms. The van der Waals surface area contributed by atoms with Crippen LogP contribution in [0.4, 0.5) is 5.82 Å². The van der Waals surface area contributed by atoms with Gasteiger partial charge in [-0.15, -0.1) is 0 Å². The number of nitrogens with one attached hydrogen (secondary N) is 1. The molecule has 14 heavy (non-hydrogen) atoms. The lowest BCUT2D eigenvalue weighted by molar-refractivity contribution is 0.397. The normalized spacial score (nSPS) is 10.4. The Kier molecular flexibility index (Phi) is 4.43. The quantitative estimate of drug-likeness (QED) is 0.664.